The number of anilines is 2. The number of fused-ring (bicyclic) bond motifs is 1. The predicted octanol–water partition coefficient (Wildman–Crippen LogP) is 5.92. The van der Waals surface area contributed by atoms with Crippen molar-refractivity contribution in [1.82, 2.24) is 0 Å². The van der Waals surface area contributed by atoms with Gasteiger partial charge in [0, 0.05) is 29.0 Å². The molecule has 0 aliphatic carbocycles. The van der Waals surface area contributed by atoms with Gasteiger partial charge < -0.3 is 10.2 Å². The Morgan fingerprint density at radius 2 is 2.03 bits per heavy atom. The number of nitriles is 1. The molecule has 0 unspecified atom stereocenters. The van der Waals surface area contributed by atoms with Gasteiger partial charge in [0.1, 0.15) is 11.6 Å². The van der Waals surface area contributed by atoms with E-state index in [4.69, 9.17) is 11.6 Å². The Bertz CT molecular complexity index is 1030. The topological polar surface area (TPSA) is 56.1 Å². The average molecular weight is 408 g/mol. The minimum atomic E-state index is -0.443. The third-order valence-electron chi connectivity index (χ3n) is 5.78. The van der Waals surface area contributed by atoms with Crippen molar-refractivity contribution in [2.75, 3.05) is 17.3 Å². The number of aryl methyl sites for hydroxylation is 1. The fourth-order valence-electron chi connectivity index (χ4n) is 3.92. The Balaban J connectivity index is 1.90. The normalized spacial score (nSPS) is 18.0. The Hall–Kier alpha value is -2.77. The van der Waals surface area contributed by atoms with Crippen LogP contribution in [0.2, 0.25) is 5.02 Å². The van der Waals surface area contributed by atoms with E-state index in [9.17, 15) is 10.1 Å². The van der Waals surface area contributed by atoms with Crippen molar-refractivity contribution in [3.05, 3.63) is 63.7 Å². The molecule has 150 valence electrons. The lowest BCUT2D eigenvalue weighted by Gasteiger charge is -2.45. The van der Waals surface area contributed by atoms with Crippen LogP contribution in [0, 0.1) is 18.3 Å². The Labute approximate surface area is 177 Å². The first-order valence-corrected chi connectivity index (χ1v) is 10.1. The summed E-state index contributed by atoms with van der Waals surface area (Å²) in [4.78, 5) is 14.9. The van der Waals surface area contributed by atoms with Gasteiger partial charge in [-0.05, 0) is 80.1 Å². The number of hydrogen-bond donors (Lipinski definition) is 1. The molecule has 1 atom stereocenters. The molecule has 1 amide bonds. The fraction of sp³-hybridized carbons (Fsp3) is 0.333. The van der Waals surface area contributed by atoms with Crippen molar-refractivity contribution in [3.63, 3.8) is 0 Å². The summed E-state index contributed by atoms with van der Waals surface area (Å²) in [6.45, 7) is 8.60. The summed E-state index contributed by atoms with van der Waals surface area (Å²) in [6, 6.07) is 13.4. The highest BCUT2D eigenvalue weighted by Crippen LogP contribution is 2.42. The van der Waals surface area contributed by atoms with Crippen molar-refractivity contribution >= 4 is 35.0 Å². The number of nitrogens with zero attached hydrogens (tertiary/aromatic N) is 2. The lowest BCUT2D eigenvalue weighted by Crippen LogP contribution is -2.45. The van der Waals surface area contributed by atoms with Crippen LogP contribution in [0.3, 0.4) is 0 Å². The standard InChI is InChI=1S/C24H26ClN3O/c1-15-6-8-19(25)12-21(15)27-23(29)18(14-26)10-17-7-9-22-20(11-17)16(2)13-24(3,4)28(22)5/h6-12,16H,13H2,1-5H3,(H,27,29)/b18-10-/t16-/m0/s1. The van der Waals surface area contributed by atoms with Crippen LogP contribution in [0.4, 0.5) is 11.4 Å². The summed E-state index contributed by atoms with van der Waals surface area (Å²) in [5.74, 6) is -0.0418. The van der Waals surface area contributed by atoms with Crippen LogP contribution in [0.15, 0.2) is 42.0 Å². The third-order valence-corrected chi connectivity index (χ3v) is 6.02. The Morgan fingerprint density at radius 3 is 2.72 bits per heavy atom. The first-order chi connectivity index (χ1) is 13.6. The van der Waals surface area contributed by atoms with E-state index in [1.165, 1.54) is 11.3 Å². The highest BCUT2D eigenvalue weighted by atomic mass is 35.5. The van der Waals surface area contributed by atoms with E-state index in [1.54, 1.807) is 18.2 Å². The molecular formula is C24H26ClN3O. The first kappa shape index (κ1) is 21.0. The van der Waals surface area contributed by atoms with E-state index < -0.39 is 5.91 Å². The molecule has 0 aromatic heterocycles. The maximum atomic E-state index is 12.6. The Morgan fingerprint density at radius 1 is 1.31 bits per heavy atom. The van der Waals surface area contributed by atoms with Gasteiger partial charge >= 0.3 is 0 Å². The lowest BCUT2D eigenvalue weighted by molar-refractivity contribution is -0.112. The smallest absolute Gasteiger partial charge is 0.266 e. The van der Waals surface area contributed by atoms with Gasteiger partial charge in [-0.25, -0.2) is 0 Å². The zero-order chi connectivity index (χ0) is 21.3. The minimum absolute atomic E-state index is 0.0569. The monoisotopic (exact) mass is 407 g/mol. The van der Waals surface area contributed by atoms with Gasteiger partial charge in [-0.3, -0.25) is 4.79 Å². The number of benzene rings is 2. The molecule has 1 heterocycles. The van der Waals surface area contributed by atoms with Gasteiger partial charge in [-0.2, -0.15) is 5.26 Å². The molecule has 1 aliphatic rings. The van der Waals surface area contributed by atoms with Gasteiger partial charge in [0.05, 0.1) is 0 Å². The van der Waals surface area contributed by atoms with Crippen LogP contribution in [0.5, 0.6) is 0 Å². The van der Waals surface area contributed by atoms with Crippen molar-refractivity contribution in [3.8, 4) is 6.07 Å². The molecule has 0 fully saturated rings. The van der Waals surface area contributed by atoms with Crippen molar-refractivity contribution in [2.24, 2.45) is 0 Å². The summed E-state index contributed by atoms with van der Waals surface area (Å²) in [5, 5.41) is 12.9. The first-order valence-electron chi connectivity index (χ1n) is 9.69. The number of amides is 1. The second-order valence-corrected chi connectivity index (χ2v) is 8.81. The highest BCUT2D eigenvalue weighted by Gasteiger charge is 2.33. The van der Waals surface area contributed by atoms with Crippen LogP contribution in [-0.2, 0) is 4.79 Å². The molecule has 2 aromatic rings. The van der Waals surface area contributed by atoms with Crippen molar-refractivity contribution in [2.45, 2.75) is 45.6 Å². The van der Waals surface area contributed by atoms with E-state index in [1.807, 2.05) is 25.1 Å². The summed E-state index contributed by atoms with van der Waals surface area (Å²) in [7, 11) is 2.11. The third kappa shape index (κ3) is 4.31. The molecule has 1 aliphatic heterocycles. The molecule has 5 heteroatoms. The number of carbonyl (C=O) groups excluding carboxylic acids is 1. The lowest BCUT2D eigenvalue weighted by atomic mass is 9.80. The summed E-state index contributed by atoms with van der Waals surface area (Å²) in [5.41, 5.74) is 4.92. The van der Waals surface area contributed by atoms with Gasteiger partial charge in [0.2, 0.25) is 0 Å². The molecular weight excluding hydrogens is 382 g/mol. The number of nitrogens with one attached hydrogen (secondary N) is 1. The maximum absolute atomic E-state index is 12.6. The van der Waals surface area contributed by atoms with Gasteiger partial charge in [-0.15, -0.1) is 0 Å². The molecule has 29 heavy (non-hydrogen) atoms. The number of rotatable bonds is 3. The predicted molar refractivity (Wildman–Crippen MR) is 120 cm³/mol. The average Bonchev–Trinajstić information content (AvgIpc) is 2.66. The zero-order valence-corrected chi connectivity index (χ0v) is 18.3. The van der Waals surface area contributed by atoms with Crippen LogP contribution in [-0.4, -0.2) is 18.5 Å². The molecule has 1 N–H and O–H groups in total. The fourth-order valence-corrected chi connectivity index (χ4v) is 4.09. The largest absolute Gasteiger partial charge is 0.369 e. The van der Waals surface area contributed by atoms with Gasteiger partial charge in [0.25, 0.3) is 5.91 Å². The van der Waals surface area contributed by atoms with Crippen molar-refractivity contribution < 1.29 is 4.79 Å². The summed E-state index contributed by atoms with van der Waals surface area (Å²) >= 11 is 6.02. The quantitative estimate of drug-likeness (QED) is 0.507. The highest BCUT2D eigenvalue weighted by molar-refractivity contribution is 6.31. The Kier molecular flexibility index (Phi) is 5.73. The second-order valence-electron chi connectivity index (χ2n) is 8.38. The molecule has 0 bridgehead atoms. The van der Waals surface area contributed by atoms with E-state index in [2.05, 4.69) is 50.2 Å². The van der Waals surface area contributed by atoms with Crippen LogP contribution < -0.4 is 10.2 Å². The molecule has 0 saturated carbocycles. The molecule has 0 radical (unpaired) electrons. The van der Waals surface area contributed by atoms with Crippen LogP contribution >= 0.6 is 11.6 Å². The van der Waals surface area contributed by atoms with Gasteiger partial charge in [0.15, 0.2) is 0 Å². The summed E-state index contributed by atoms with van der Waals surface area (Å²) in [6.07, 6.45) is 2.69. The van der Waals surface area contributed by atoms with E-state index in [-0.39, 0.29) is 11.1 Å². The van der Waals surface area contributed by atoms with Crippen LogP contribution in [0.25, 0.3) is 6.08 Å². The molecule has 2 aromatic carbocycles. The maximum Gasteiger partial charge on any atom is 0.266 e. The van der Waals surface area contributed by atoms with E-state index in [0.717, 1.165) is 17.5 Å². The molecule has 3 rings (SSSR count). The molecule has 0 saturated heterocycles. The second kappa shape index (κ2) is 7.93. The number of hydrogen-bond acceptors (Lipinski definition) is 3. The molecule has 4 nitrogen and oxygen atoms in total. The SMILES string of the molecule is Cc1ccc(Cl)cc1NC(=O)/C(C#N)=C\c1ccc2c(c1)[C@@H](C)CC(C)(C)N2C. The van der Waals surface area contributed by atoms with E-state index in [0.29, 0.717) is 16.6 Å². The molecule has 0 spiro atoms. The number of carbonyl (C=O) groups is 1. The zero-order valence-electron chi connectivity index (χ0n) is 17.5. The van der Waals surface area contributed by atoms with Crippen LogP contribution in [0.1, 0.15) is 49.8 Å². The minimum Gasteiger partial charge on any atom is -0.369 e. The van der Waals surface area contributed by atoms with Crippen molar-refractivity contribution in [1.29, 1.82) is 5.26 Å². The van der Waals surface area contributed by atoms with E-state index >= 15 is 0 Å². The van der Waals surface area contributed by atoms with Gasteiger partial charge in [-0.1, -0.05) is 30.7 Å². The number of halogens is 1. The summed E-state index contributed by atoms with van der Waals surface area (Å²) < 4.78 is 0.